The highest BCUT2D eigenvalue weighted by Gasteiger charge is 2.39. The van der Waals surface area contributed by atoms with Crippen molar-refractivity contribution in [3.05, 3.63) is 58.1 Å². The summed E-state index contributed by atoms with van der Waals surface area (Å²) < 4.78 is 69.4. The van der Waals surface area contributed by atoms with Crippen LogP contribution in [0.3, 0.4) is 0 Å². The third kappa shape index (κ3) is 10.6. The Labute approximate surface area is 286 Å². The highest BCUT2D eigenvalue weighted by atomic mass is 35.5. The van der Waals surface area contributed by atoms with Crippen LogP contribution in [0.25, 0.3) is 11.1 Å². The number of halogens is 7. The fraction of sp³-hybridized carbons (Fsp3) is 0.367. The molecular weight excluding hydrogens is 704 g/mol. The molecule has 272 valence electrons. The van der Waals surface area contributed by atoms with Crippen LogP contribution < -0.4 is 15.8 Å². The van der Waals surface area contributed by atoms with Crippen LogP contribution in [-0.2, 0) is 9.59 Å². The molecule has 13 nitrogen and oxygen atoms in total. The number of nitrogens with zero attached hydrogens (tertiary/aromatic N) is 4. The molecule has 1 amide bonds. The molecule has 0 bridgehead atoms. The Morgan fingerprint density at radius 3 is 2.08 bits per heavy atom. The number of alkyl halides is 6. The molecule has 1 aliphatic carbocycles. The summed E-state index contributed by atoms with van der Waals surface area (Å²) in [5.41, 5.74) is 10.3. The number of aliphatic carboxylic acids is 2. The minimum absolute atomic E-state index is 0.0587. The van der Waals surface area contributed by atoms with E-state index in [-0.39, 0.29) is 23.5 Å². The van der Waals surface area contributed by atoms with Gasteiger partial charge in [-0.3, -0.25) is 9.78 Å². The lowest BCUT2D eigenvalue weighted by Gasteiger charge is -2.24. The molecule has 50 heavy (non-hydrogen) atoms. The smallest absolute Gasteiger partial charge is 0.490 e. The van der Waals surface area contributed by atoms with Crippen LogP contribution in [0.2, 0.25) is 5.02 Å². The maximum atomic E-state index is 13.0. The van der Waals surface area contributed by atoms with E-state index in [1.54, 1.807) is 31.3 Å². The van der Waals surface area contributed by atoms with E-state index in [2.05, 4.69) is 20.3 Å². The zero-order valence-corrected chi connectivity index (χ0v) is 27.8. The summed E-state index contributed by atoms with van der Waals surface area (Å²) in [4.78, 5) is 45.2. The van der Waals surface area contributed by atoms with Gasteiger partial charge in [-0.15, -0.1) is 0 Å². The van der Waals surface area contributed by atoms with Gasteiger partial charge in [0.2, 0.25) is 0 Å². The third-order valence-electron chi connectivity index (χ3n) is 6.95. The van der Waals surface area contributed by atoms with E-state index in [9.17, 15) is 31.1 Å². The van der Waals surface area contributed by atoms with Gasteiger partial charge in [0.05, 0.1) is 24.3 Å². The first-order chi connectivity index (χ1) is 23.0. The standard InChI is InChI=1S/C26H30ClN7O2.2C2HF3O2/c1-13-20(27)9-19(15(3)33-25-22(14(2)28)24(29)31-12-32-25)23(36-5)21(13)16-8-17(11-30-10-16)26(35)34(4)18-6-7-18;2*3-2(4,5)1(6)7/h8-12,15,18,28H,6-7H2,1-5H3,(H3,29,31,32,33);2*(H,6,7). The number of hydrogen-bond acceptors (Lipinski definition) is 10. The monoisotopic (exact) mass is 735 g/mol. The van der Waals surface area contributed by atoms with Gasteiger partial charge in [-0.05, 0) is 51.3 Å². The number of nitrogens with two attached hydrogens (primary N) is 1. The van der Waals surface area contributed by atoms with E-state index >= 15 is 0 Å². The summed E-state index contributed by atoms with van der Waals surface area (Å²) in [7, 11) is 3.43. The Morgan fingerprint density at radius 2 is 1.62 bits per heavy atom. The summed E-state index contributed by atoms with van der Waals surface area (Å²) in [5.74, 6) is -4.30. The number of ether oxygens (including phenoxy) is 1. The lowest BCUT2D eigenvalue weighted by Crippen LogP contribution is -2.28. The zero-order chi connectivity index (χ0) is 38.3. The van der Waals surface area contributed by atoms with Gasteiger partial charge in [-0.2, -0.15) is 26.3 Å². The normalized spacial score (nSPS) is 13.0. The first kappa shape index (κ1) is 41.0. The molecule has 2 heterocycles. The van der Waals surface area contributed by atoms with Crippen LogP contribution in [0.5, 0.6) is 5.75 Å². The average Bonchev–Trinajstić information content (AvgIpc) is 3.86. The van der Waals surface area contributed by atoms with Crippen molar-refractivity contribution in [2.24, 2.45) is 0 Å². The number of pyridine rings is 1. The Bertz CT molecular complexity index is 1730. The topological polar surface area (TPSA) is 205 Å². The quantitative estimate of drug-likeness (QED) is 0.131. The number of hydrogen-bond donors (Lipinski definition) is 5. The van der Waals surface area contributed by atoms with Crippen LogP contribution in [0.15, 0.2) is 30.9 Å². The van der Waals surface area contributed by atoms with E-state index in [1.807, 2.05) is 33.0 Å². The van der Waals surface area contributed by atoms with Crippen molar-refractivity contribution < 1.29 is 55.7 Å². The van der Waals surface area contributed by atoms with Gasteiger partial charge < -0.3 is 36.3 Å². The predicted octanol–water partition coefficient (Wildman–Crippen LogP) is 6.15. The molecule has 1 aromatic carbocycles. The Kier molecular flexibility index (Phi) is 13.5. The minimum Gasteiger partial charge on any atom is -0.496 e. The maximum absolute atomic E-state index is 13.0. The van der Waals surface area contributed by atoms with Crippen molar-refractivity contribution in [3.8, 4) is 16.9 Å². The Morgan fingerprint density at radius 1 is 1.08 bits per heavy atom. The summed E-state index contributed by atoms with van der Waals surface area (Å²) in [6.45, 7) is 5.49. The van der Waals surface area contributed by atoms with E-state index in [0.717, 1.165) is 35.1 Å². The van der Waals surface area contributed by atoms with Gasteiger partial charge in [-0.25, -0.2) is 19.6 Å². The number of carboxylic acids is 2. The molecule has 1 fully saturated rings. The zero-order valence-electron chi connectivity index (χ0n) is 27.0. The molecule has 1 aliphatic rings. The third-order valence-corrected chi connectivity index (χ3v) is 7.35. The molecule has 0 spiro atoms. The molecule has 3 aromatic rings. The molecule has 1 unspecified atom stereocenters. The number of anilines is 2. The van der Waals surface area contributed by atoms with Gasteiger partial charge in [0.25, 0.3) is 5.91 Å². The summed E-state index contributed by atoms with van der Waals surface area (Å²) in [6, 6.07) is 3.66. The number of carbonyl (C=O) groups excluding carboxylic acids is 1. The first-order valence-electron chi connectivity index (χ1n) is 14.1. The molecule has 0 saturated heterocycles. The number of carboxylic acid groups (broad SMARTS) is 2. The molecule has 1 saturated carbocycles. The van der Waals surface area contributed by atoms with E-state index < -0.39 is 24.3 Å². The minimum atomic E-state index is -5.08. The number of nitrogens with one attached hydrogen (secondary N) is 2. The maximum Gasteiger partial charge on any atom is 0.490 e. The molecule has 6 N–H and O–H groups in total. The molecule has 4 rings (SSSR count). The van der Waals surface area contributed by atoms with Crippen LogP contribution in [0, 0.1) is 12.3 Å². The van der Waals surface area contributed by atoms with Gasteiger partial charge in [0.1, 0.15) is 23.7 Å². The summed E-state index contributed by atoms with van der Waals surface area (Å²) in [6.07, 6.45) is -3.46. The second kappa shape index (κ2) is 16.5. The van der Waals surface area contributed by atoms with Gasteiger partial charge in [0, 0.05) is 52.9 Å². The van der Waals surface area contributed by atoms with Crippen molar-refractivity contribution in [2.75, 3.05) is 25.2 Å². The molecule has 0 aliphatic heterocycles. The van der Waals surface area contributed by atoms with Crippen molar-refractivity contribution in [1.82, 2.24) is 19.9 Å². The summed E-state index contributed by atoms with van der Waals surface area (Å²) >= 11 is 6.70. The predicted molar refractivity (Wildman–Crippen MR) is 169 cm³/mol. The van der Waals surface area contributed by atoms with E-state index in [4.69, 9.17) is 47.3 Å². The number of benzene rings is 1. The molecule has 0 radical (unpaired) electrons. The number of methoxy groups -OCH3 is 1. The van der Waals surface area contributed by atoms with E-state index in [0.29, 0.717) is 33.8 Å². The largest absolute Gasteiger partial charge is 0.496 e. The average molecular weight is 736 g/mol. The van der Waals surface area contributed by atoms with Crippen molar-refractivity contribution >= 4 is 46.8 Å². The summed E-state index contributed by atoms with van der Waals surface area (Å²) in [5, 5.41) is 26.2. The number of carbonyl (C=O) groups is 3. The van der Waals surface area contributed by atoms with Crippen molar-refractivity contribution in [1.29, 1.82) is 5.41 Å². The fourth-order valence-corrected chi connectivity index (χ4v) is 4.53. The highest BCUT2D eigenvalue weighted by molar-refractivity contribution is 6.32. The molecule has 20 heteroatoms. The second-order valence-corrected chi connectivity index (χ2v) is 11.1. The number of aromatic nitrogens is 3. The van der Waals surface area contributed by atoms with Crippen LogP contribution in [0.1, 0.15) is 59.8 Å². The van der Waals surface area contributed by atoms with Gasteiger partial charge in [0.15, 0.2) is 0 Å². The van der Waals surface area contributed by atoms with Crippen molar-refractivity contribution in [3.63, 3.8) is 0 Å². The number of rotatable bonds is 8. The molecule has 2 aromatic heterocycles. The van der Waals surface area contributed by atoms with Crippen molar-refractivity contribution in [2.45, 2.75) is 58.0 Å². The second-order valence-electron chi connectivity index (χ2n) is 10.7. The Balaban J connectivity index is 0.000000521. The SMILES string of the molecule is COc1c(C(C)Nc2ncnc(N)c2C(C)=N)cc(Cl)c(C)c1-c1cncc(C(=O)N(C)C2CC2)c1.O=C(O)C(F)(F)F.O=C(O)C(F)(F)F. The first-order valence-corrected chi connectivity index (χ1v) is 14.5. The Hall–Kier alpha value is -5.20. The van der Waals surface area contributed by atoms with Gasteiger partial charge in [-0.1, -0.05) is 11.6 Å². The number of nitrogen functional groups attached to an aromatic ring is 1. The lowest BCUT2D eigenvalue weighted by molar-refractivity contribution is -0.193. The van der Waals surface area contributed by atoms with Gasteiger partial charge >= 0.3 is 24.3 Å². The lowest BCUT2D eigenvalue weighted by atomic mass is 9.94. The fourth-order valence-electron chi connectivity index (χ4n) is 4.32. The highest BCUT2D eigenvalue weighted by Crippen LogP contribution is 2.43. The van der Waals surface area contributed by atoms with Crippen LogP contribution in [-0.4, -0.2) is 86.2 Å². The van der Waals surface area contributed by atoms with E-state index in [1.165, 1.54) is 6.33 Å². The molecular formula is C30H32ClF6N7O6. The van der Waals surface area contributed by atoms with Crippen LogP contribution in [0.4, 0.5) is 38.0 Å². The van der Waals surface area contributed by atoms with Crippen LogP contribution >= 0.6 is 11.6 Å². The molecule has 1 atom stereocenters. The number of amides is 1.